The fourth-order valence-electron chi connectivity index (χ4n) is 2.58. The predicted molar refractivity (Wildman–Crippen MR) is 110 cm³/mol. The summed E-state index contributed by atoms with van der Waals surface area (Å²) in [5, 5.41) is 21.4. The third-order valence-electron chi connectivity index (χ3n) is 3.97. The molecule has 0 aliphatic carbocycles. The molecule has 0 radical (unpaired) electrons. The number of ether oxygens (including phenoxy) is 1. The zero-order valence-corrected chi connectivity index (χ0v) is 16.5. The van der Waals surface area contributed by atoms with Crippen molar-refractivity contribution in [2.24, 2.45) is 0 Å². The lowest BCUT2D eigenvalue weighted by Gasteiger charge is -2.11. The van der Waals surface area contributed by atoms with Crippen molar-refractivity contribution in [2.75, 3.05) is 18.4 Å². The average molecular weight is 422 g/mol. The lowest BCUT2D eigenvalue weighted by molar-refractivity contribution is 0.350. The molecule has 0 spiro atoms. The number of rotatable bonds is 5. The Morgan fingerprint density at radius 1 is 1.20 bits per heavy atom. The molecular weight excluding hydrogens is 407 g/mol. The number of aliphatic hydroxyl groups excluding tert-OH is 1. The van der Waals surface area contributed by atoms with Crippen molar-refractivity contribution in [2.45, 2.75) is 4.90 Å². The molecule has 0 amide bonds. The molecule has 0 atom stereocenters. The van der Waals surface area contributed by atoms with Crippen LogP contribution in [0, 0.1) is 17.7 Å². The van der Waals surface area contributed by atoms with Gasteiger partial charge in [0.05, 0.1) is 12.8 Å². The standard InChI is InChI=1S/C20H15FN6O2S/c1-29-20-17(26-30-15-6-4-14(21)5-7-15)11-13(12-22-20)16-8-9-19-24-23-18(3-2-10-28)27(19)25-16/h4-9,11-12,26,28H,10H2,1H3. The van der Waals surface area contributed by atoms with Crippen LogP contribution in [0.5, 0.6) is 5.88 Å². The number of hydrogen-bond acceptors (Lipinski definition) is 8. The second-order valence-corrected chi connectivity index (χ2v) is 6.79. The number of anilines is 1. The van der Waals surface area contributed by atoms with Gasteiger partial charge in [0.25, 0.3) is 0 Å². The van der Waals surface area contributed by atoms with Gasteiger partial charge in [-0.15, -0.1) is 10.2 Å². The summed E-state index contributed by atoms with van der Waals surface area (Å²) in [6.45, 7) is -0.280. The average Bonchev–Trinajstić information content (AvgIpc) is 3.19. The first-order valence-corrected chi connectivity index (χ1v) is 9.54. The van der Waals surface area contributed by atoms with E-state index in [4.69, 9.17) is 9.84 Å². The zero-order chi connectivity index (χ0) is 20.9. The quantitative estimate of drug-likeness (QED) is 0.374. The molecule has 30 heavy (non-hydrogen) atoms. The lowest BCUT2D eigenvalue weighted by Crippen LogP contribution is -2.00. The van der Waals surface area contributed by atoms with Gasteiger partial charge in [-0.05, 0) is 60.3 Å². The van der Waals surface area contributed by atoms with Crippen LogP contribution in [-0.2, 0) is 0 Å². The summed E-state index contributed by atoms with van der Waals surface area (Å²) in [5.74, 6) is 5.70. The van der Waals surface area contributed by atoms with E-state index >= 15 is 0 Å². The second-order valence-electron chi connectivity index (χ2n) is 5.91. The molecule has 150 valence electrons. The highest BCUT2D eigenvalue weighted by atomic mass is 32.2. The van der Waals surface area contributed by atoms with Gasteiger partial charge in [-0.1, -0.05) is 5.92 Å². The highest BCUT2D eigenvalue weighted by molar-refractivity contribution is 8.00. The Bertz CT molecular complexity index is 1250. The number of pyridine rings is 1. The SMILES string of the molecule is COc1ncc(-c2ccc3nnc(C#CCO)n3n2)cc1NSc1ccc(F)cc1. The molecule has 10 heteroatoms. The molecule has 4 aromatic rings. The number of nitrogens with zero attached hydrogens (tertiary/aromatic N) is 5. The molecule has 3 aromatic heterocycles. The monoisotopic (exact) mass is 422 g/mol. The molecule has 0 bridgehead atoms. The van der Waals surface area contributed by atoms with Crippen LogP contribution in [0.4, 0.5) is 10.1 Å². The van der Waals surface area contributed by atoms with Gasteiger partial charge in [0, 0.05) is 16.7 Å². The molecule has 0 saturated heterocycles. The minimum Gasteiger partial charge on any atom is -0.480 e. The first kappa shape index (κ1) is 19.6. The Balaban J connectivity index is 1.65. The number of hydrogen-bond donors (Lipinski definition) is 2. The summed E-state index contributed by atoms with van der Waals surface area (Å²) >= 11 is 1.31. The normalized spacial score (nSPS) is 10.5. The summed E-state index contributed by atoms with van der Waals surface area (Å²) in [7, 11) is 1.53. The first-order chi connectivity index (χ1) is 14.7. The van der Waals surface area contributed by atoms with E-state index in [0.29, 0.717) is 28.7 Å². The van der Waals surface area contributed by atoms with Crippen LogP contribution in [0.1, 0.15) is 5.82 Å². The molecule has 0 saturated carbocycles. The van der Waals surface area contributed by atoms with Crippen molar-refractivity contribution in [3.63, 3.8) is 0 Å². The van der Waals surface area contributed by atoms with Gasteiger partial charge in [0.1, 0.15) is 18.1 Å². The maximum absolute atomic E-state index is 13.1. The van der Waals surface area contributed by atoms with E-state index in [1.807, 2.05) is 6.07 Å². The van der Waals surface area contributed by atoms with Gasteiger partial charge in [-0.2, -0.15) is 9.61 Å². The van der Waals surface area contributed by atoms with Crippen LogP contribution in [0.3, 0.4) is 0 Å². The minimum absolute atomic E-state index is 0.280. The number of aliphatic hydroxyl groups is 1. The molecule has 1 aromatic carbocycles. The van der Waals surface area contributed by atoms with E-state index in [1.54, 1.807) is 30.5 Å². The molecule has 0 aliphatic heterocycles. The van der Waals surface area contributed by atoms with Crippen molar-refractivity contribution in [1.29, 1.82) is 0 Å². The van der Waals surface area contributed by atoms with E-state index < -0.39 is 0 Å². The largest absolute Gasteiger partial charge is 0.480 e. The lowest BCUT2D eigenvalue weighted by atomic mass is 10.2. The van der Waals surface area contributed by atoms with Crippen LogP contribution in [0.15, 0.2) is 53.6 Å². The molecule has 0 unspecified atom stereocenters. The molecule has 8 nitrogen and oxygen atoms in total. The topological polar surface area (TPSA) is 97.5 Å². The first-order valence-electron chi connectivity index (χ1n) is 8.73. The van der Waals surface area contributed by atoms with E-state index in [2.05, 4.69) is 36.8 Å². The summed E-state index contributed by atoms with van der Waals surface area (Å²) in [6, 6.07) is 11.6. The zero-order valence-electron chi connectivity index (χ0n) is 15.7. The number of benzene rings is 1. The smallest absolute Gasteiger partial charge is 0.237 e. The Labute approximate surface area is 175 Å². The minimum atomic E-state index is -0.292. The van der Waals surface area contributed by atoms with Crippen molar-refractivity contribution >= 4 is 23.3 Å². The van der Waals surface area contributed by atoms with Gasteiger partial charge in [-0.25, -0.2) is 9.37 Å². The van der Waals surface area contributed by atoms with Crippen LogP contribution < -0.4 is 9.46 Å². The van der Waals surface area contributed by atoms with Gasteiger partial charge in [0.2, 0.25) is 11.7 Å². The third-order valence-corrected chi connectivity index (χ3v) is 4.80. The van der Waals surface area contributed by atoms with Gasteiger partial charge in [-0.3, -0.25) is 0 Å². The van der Waals surface area contributed by atoms with E-state index in [-0.39, 0.29) is 12.4 Å². The van der Waals surface area contributed by atoms with Crippen LogP contribution >= 0.6 is 11.9 Å². The van der Waals surface area contributed by atoms with E-state index in [1.165, 1.54) is 35.7 Å². The van der Waals surface area contributed by atoms with Crippen molar-refractivity contribution in [1.82, 2.24) is 24.8 Å². The van der Waals surface area contributed by atoms with Gasteiger partial charge in [0.15, 0.2) is 5.65 Å². The highest BCUT2D eigenvalue weighted by Gasteiger charge is 2.11. The molecule has 3 heterocycles. The second kappa shape index (κ2) is 8.77. The summed E-state index contributed by atoms with van der Waals surface area (Å²) in [6.07, 6.45) is 1.64. The number of nitrogens with one attached hydrogen (secondary N) is 1. The van der Waals surface area contributed by atoms with Crippen LogP contribution in [0.25, 0.3) is 16.9 Å². The Morgan fingerprint density at radius 3 is 2.80 bits per heavy atom. The Kier molecular flexibility index (Phi) is 5.74. The summed E-state index contributed by atoms with van der Waals surface area (Å²) < 4.78 is 23.1. The van der Waals surface area contributed by atoms with E-state index in [0.717, 1.165) is 10.5 Å². The molecule has 2 N–H and O–H groups in total. The maximum atomic E-state index is 13.1. The molecule has 0 fully saturated rings. The number of halogens is 1. The third kappa shape index (κ3) is 4.17. The maximum Gasteiger partial charge on any atom is 0.237 e. The van der Waals surface area contributed by atoms with Crippen LogP contribution in [-0.4, -0.2) is 43.6 Å². The van der Waals surface area contributed by atoms with Crippen molar-refractivity contribution < 1.29 is 14.2 Å². The Morgan fingerprint density at radius 2 is 2.03 bits per heavy atom. The Hall–Kier alpha value is -3.68. The number of aromatic nitrogens is 5. The highest BCUT2D eigenvalue weighted by Crippen LogP contribution is 2.31. The van der Waals surface area contributed by atoms with Crippen molar-refractivity contribution in [3.8, 4) is 29.0 Å². The summed E-state index contributed by atoms with van der Waals surface area (Å²) in [5.41, 5.74) is 2.52. The van der Waals surface area contributed by atoms with Gasteiger partial charge < -0.3 is 14.6 Å². The molecule has 0 aliphatic rings. The van der Waals surface area contributed by atoms with Crippen molar-refractivity contribution in [3.05, 3.63) is 60.3 Å². The number of fused-ring (bicyclic) bond motifs is 1. The number of methoxy groups -OCH3 is 1. The predicted octanol–water partition coefficient (Wildman–Crippen LogP) is 2.80. The van der Waals surface area contributed by atoms with Crippen LogP contribution in [0.2, 0.25) is 0 Å². The van der Waals surface area contributed by atoms with Gasteiger partial charge >= 0.3 is 0 Å². The molecular formula is C20H15FN6O2S. The summed E-state index contributed by atoms with van der Waals surface area (Å²) in [4.78, 5) is 5.17. The fraction of sp³-hybridized carbons (Fsp3) is 0.100. The fourth-order valence-corrected chi connectivity index (χ4v) is 3.23. The molecule has 4 rings (SSSR count). The van der Waals surface area contributed by atoms with E-state index in [9.17, 15) is 4.39 Å².